The smallest absolute Gasteiger partial charge is 0.380 e. The fourth-order valence-corrected chi connectivity index (χ4v) is 3.02. The maximum atomic E-state index is 11.7. The third-order valence-corrected chi connectivity index (χ3v) is 4.09. The molecule has 98 valence electrons. The van der Waals surface area contributed by atoms with Crippen LogP contribution in [0.5, 0.6) is 0 Å². The first-order valence-corrected chi connectivity index (χ1v) is 7.10. The Morgan fingerprint density at radius 3 is 2.67 bits per heavy atom. The van der Waals surface area contributed by atoms with E-state index in [-0.39, 0.29) is 6.61 Å². The van der Waals surface area contributed by atoms with Gasteiger partial charge in [-0.25, -0.2) is 4.79 Å². The molecule has 1 fully saturated rings. The van der Waals surface area contributed by atoms with E-state index in [9.17, 15) is 9.59 Å². The number of carbonyl (C=O) groups is 2. The lowest BCUT2D eigenvalue weighted by atomic mass is 10.1. The largest absolute Gasteiger partial charge is 0.460 e. The van der Waals surface area contributed by atoms with Gasteiger partial charge in [-0.05, 0) is 38.3 Å². The van der Waals surface area contributed by atoms with Crippen LogP contribution in [-0.4, -0.2) is 31.4 Å². The summed E-state index contributed by atoms with van der Waals surface area (Å²) in [5.41, 5.74) is 0. The topological polar surface area (TPSA) is 46.6 Å². The van der Waals surface area contributed by atoms with Crippen molar-refractivity contribution in [2.24, 2.45) is 0 Å². The lowest BCUT2D eigenvalue weighted by molar-refractivity contribution is -0.137. The third-order valence-electron chi connectivity index (χ3n) is 2.94. The molecular weight excluding hydrogens is 250 g/mol. The summed E-state index contributed by atoms with van der Waals surface area (Å²) in [5, 5.41) is 1.07. The highest BCUT2D eigenvalue weighted by atomic mass is 32.1. The number of ketones is 1. The predicted molar refractivity (Wildman–Crippen MR) is 71.3 cm³/mol. The molecule has 0 bridgehead atoms. The normalized spacial score (nSPS) is 15.5. The molecule has 1 aliphatic heterocycles. The van der Waals surface area contributed by atoms with E-state index in [2.05, 4.69) is 4.90 Å². The van der Waals surface area contributed by atoms with E-state index in [1.165, 1.54) is 30.6 Å². The van der Waals surface area contributed by atoms with Crippen LogP contribution in [-0.2, 0) is 9.53 Å². The zero-order valence-electron chi connectivity index (χ0n) is 10.5. The van der Waals surface area contributed by atoms with Gasteiger partial charge in [0, 0.05) is 13.1 Å². The lowest BCUT2D eigenvalue weighted by Gasteiger charge is -2.27. The molecule has 0 N–H and O–H groups in total. The van der Waals surface area contributed by atoms with Crippen molar-refractivity contribution in [3.63, 3.8) is 0 Å². The molecule has 0 amide bonds. The molecule has 0 saturated carbocycles. The second kappa shape index (κ2) is 6.00. The fraction of sp³-hybridized carbons (Fsp3) is 0.538. The zero-order chi connectivity index (χ0) is 13.0. The first-order valence-electron chi connectivity index (χ1n) is 6.28. The van der Waals surface area contributed by atoms with Crippen molar-refractivity contribution in [2.75, 3.05) is 24.6 Å². The van der Waals surface area contributed by atoms with Crippen molar-refractivity contribution < 1.29 is 14.3 Å². The zero-order valence-corrected chi connectivity index (χ0v) is 11.3. The van der Waals surface area contributed by atoms with Crippen molar-refractivity contribution in [1.82, 2.24) is 0 Å². The first-order chi connectivity index (χ1) is 8.72. The molecule has 0 atom stereocenters. The number of carbonyl (C=O) groups excluding carboxylic acids is 2. The van der Waals surface area contributed by atoms with Crippen LogP contribution in [0.3, 0.4) is 0 Å². The van der Waals surface area contributed by atoms with E-state index in [1.54, 1.807) is 13.0 Å². The van der Waals surface area contributed by atoms with Gasteiger partial charge in [-0.3, -0.25) is 4.79 Å². The summed E-state index contributed by atoms with van der Waals surface area (Å²) in [6, 6.07) is 3.64. The molecule has 4 nitrogen and oxygen atoms in total. The van der Waals surface area contributed by atoms with Gasteiger partial charge < -0.3 is 9.64 Å². The minimum Gasteiger partial charge on any atom is -0.460 e. The van der Waals surface area contributed by atoms with E-state index < -0.39 is 11.8 Å². The van der Waals surface area contributed by atoms with E-state index >= 15 is 0 Å². The molecule has 0 radical (unpaired) electrons. The van der Waals surface area contributed by atoms with E-state index in [0.29, 0.717) is 4.88 Å². The molecule has 2 heterocycles. The van der Waals surface area contributed by atoms with Gasteiger partial charge in [-0.15, -0.1) is 11.3 Å². The van der Waals surface area contributed by atoms with Gasteiger partial charge in [-0.2, -0.15) is 0 Å². The van der Waals surface area contributed by atoms with Gasteiger partial charge >= 0.3 is 5.97 Å². The first kappa shape index (κ1) is 13.1. The molecule has 0 unspecified atom stereocenters. The number of hydrogen-bond acceptors (Lipinski definition) is 5. The Labute approximate surface area is 111 Å². The summed E-state index contributed by atoms with van der Waals surface area (Å²) in [6.45, 7) is 3.99. The molecule has 1 saturated heterocycles. The van der Waals surface area contributed by atoms with Gasteiger partial charge in [0.2, 0.25) is 0 Å². The molecule has 2 rings (SSSR count). The monoisotopic (exact) mass is 267 g/mol. The highest BCUT2D eigenvalue weighted by Gasteiger charge is 2.21. The number of ether oxygens (including phenoxy) is 1. The van der Waals surface area contributed by atoms with Crippen LogP contribution in [0, 0.1) is 0 Å². The van der Waals surface area contributed by atoms with Crippen LogP contribution in [0.25, 0.3) is 0 Å². The molecular formula is C13H17NO3S. The number of thiophene rings is 1. The van der Waals surface area contributed by atoms with E-state index in [1.807, 2.05) is 6.07 Å². The maximum absolute atomic E-state index is 11.7. The molecule has 1 aromatic heterocycles. The minimum absolute atomic E-state index is 0.231. The summed E-state index contributed by atoms with van der Waals surface area (Å²) in [5.74, 6) is -1.30. The van der Waals surface area contributed by atoms with Crippen LogP contribution in [0.1, 0.15) is 35.9 Å². The highest BCUT2D eigenvalue weighted by Crippen LogP contribution is 2.28. The predicted octanol–water partition coefficient (Wildman–Crippen LogP) is 2.48. The molecule has 1 aliphatic rings. The number of hydrogen-bond donors (Lipinski definition) is 0. The van der Waals surface area contributed by atoms with Crippen LogP contribution >= 0.6 is 11.3 Å². The van der Waals surface area contributed by atoms with Gasteiger partial charge in [-0.1, -0.05) is 0 Å². The number of rotatable bonds is 4. The van der Waals surface area contributed by atoms with Gasteiger partial charge in [0.05, 0.1) is 16.5 Å². The van der Waals surface area contributed by atoms with Crippen molar-refractivity contribution >= 4 is 28.1 Å². The molecule has 0 aromatic carbocycles. The third kappa shape index (κ3) is 2.90. The van der Waals surface area contributed by atoms with Crippen LogP contribution in [0.2, 0.25) is 0 Å². The highest BCUT2D eigenvalue weighted by molar-refractivity contribution is 7.18. The molecule has 1 aromatic rings. The van der Waals surface area contributed by atoms with Crippen LogP contribution in [0.15, 0.2) is 12.1 Å². The number of piperidine rings is 1. The second-order valence-electron chi connectivity index (χ2n) is 4.24. The minimum atomic E-state index is -0.760. The lowest BCUT2D eigenvalue weighted by Crippen LogP contribution is -2.28. The van der Waals surface area contributed by atoms with E-state index in [4.69, 9.17) is 4.74 Å². The number of esters is 1. The number of anilines is 1. The summed E-state index contributed by atoms with van der Waals surface area (Å²) in [4.78, 5) is 25.8. The summed E-state index contributed by atoms with van der Waals surface area (Å²) < 4.78 is 4.72. The Kier molecular flexibility index (Phi) is 4.36. The van der Waals surface area contributed by atoms with Gasteiger partial charge in [0.25, 0.3) is 5.78 Å². The Hall–Kier alpha value is -1.36. The average molecular weight is 267 g/mol. The Bertz CT molecular complexity index is 435. The molecule has 5 heteroatoms. The van der Waals surface area contributed by atoms with Crippen molar-refractivity contribution in [1.29, 1.82) is 0 Å². The molecule has 18 heavy (non-hydrogen) atoms. The Balaban J connectivity index is 2.05. The summed E-state index contributed by atoms with van der Waals surface area (Å²) in [7, 11) is 0. The van der Waals surface area contributed by atoms with Crippen molar-refractivity contribution in [3.8, 4) is 0 Å². The fourth-order valence-electron chi connectivity index (χ4n) is 2.03. The Morgan fingerprint density at radius 2 is 2.00 bits per heavy atom. The van der Waals surface area contributed by atoms with E-state index in [0.717, 1.165) is 18.1 Å². The standard InChI is InChI=1S/C13H17NO3S/c1-2-17-13(16)12(15)10-6-7-11(18-10)14-8-4-3-5-9-14/h6-7H,2-5,8-9H2,1H3. The number of Topliss-reactive ketones (excluding diaryl/α,β-unsaturated/α-hetero) is 1. The maximum Gasteiger partial charge on any atom is 0.380 e. The summed E-state index contributed by atoms with van der Waals surface area (Å²) in [6.07, 6.45) is 3.66. The van der Waals surface area contributed by atoms with Gasteiger partial charge in [0.1, 0.15) is 0 Å². The van der Waals surface area contributed by atoms with Gasteiger partial charge in [0.15, 0.2) is 0 Å². The SMILES string of the molecule is CCOC(=O)C(=O)c1ccc(N2CCCCC2)s1. The quantitative estimate of drug-likeness (QED) is 0.477. The van der Waals surface area contributed by atoms with Crippen LogP contribution < -0.4 is 4.90 Å². The molecule has 0 aliphatic carbocycles. The van der Waals surface area contributed by atoms with Crippen molar-refractivity contribution in [3.05, 3.63) is 17.0 Å². The van der Waals surface area contributed by atoms with Crippen molar-refractivity contribution in [2.45, 2.75) is 26.2 Å². The molecule has 0 spiro atoms. The second-order valence-corrected chi connectivity index (χ2v) is 5.30. The summed E-state index contributed by atoms with van der Waals surface area (Å²) >= 11 is 1.38. The average Bonchev–Trinajstić information content (AvgIpc) is 2.89. The van der Waals surface area contributed by atoms with Crippen LogP contribution in [0.4, 0.5) is 5.00 Å². The Morgan fingerprint density at radius 1 is 1.28 bits per heavy atom. The number of nitrogens with zero attached hydrogens (tertiary/aromatic N) is 1.